The second-order valence-corrected chi connectivity index (χ2v) is 9.30. The summed E-state index contributed by atoms with van der Waals surface area (Å²) in [6, 6.07) is 10.6. The van der Waals surface area contributed by atoms with Crippen LogP contribution in [0.5, 0.6) is 17.2 Å². The summed E-state index contributed by atoms with van der Waals surface area (Å²) in [6.07, 6.45) is 2.96. The predicted octanol–water partition coefficient (Wildman–Crippen LogP) is 4.14. The molecule has 1 fully saturated rings. The van der Waals surface area contributed by atoms with E-state index in [1.54, 1.807) is 6.07 Å². The summed E-state index contributed by atoms with van der Waals surface area (Å²) >= 11 is 0. The maximum atomic E-state index is 13.1. The molecule has 0 spiro atoms. The zero-order chi connectivity index (χ0) is 23.2. The number of carbonyl (C=O) groups excluding carboxylic acids is 2. The van der Waals surface area contributed by atoms with E-state index in [1.807, 2.05) is 43.0 Å². The molecule has 172 valence electrons. The normalized spacial score (nSPS) is 19.8. The number of Topliss-reactive ketones (excluding diaryl/α,β-unsaturated/α-hetero) is 1. The second-order valence-electron chi connectivity index (χ2n) is 9.30. The fraction of sp³-hybridized carbons (Fsp3) is 0.400. The molecule has 3 heterocycles. The molecule has 8 nitrogen and oxygen atoms in total. The van der Waals surface area contributed by atoms with Gasteiger partial charge in [-0.15, -0.1) is 0 Å². The van der Waals surface area contributed by atoms with E-state index in [-0.39, 0.29) is 53.6 Å². The lowest BCUT2D eigenvalue weighted by atomic mass is 9.92. The highest BCUT2D eigenvalue weighted by atomic mass is 16.5. The maximum Gasteiger partial charge on any atom is 0.261 e. The Kier molecular flexibility index (Phi) is 5.23. The number of H-pyrrole nitrogens is 1. The number of hydrogen-bond donors (Lipinski definition) is 2. The fourth-order valence-corrected chi connectivity index (χ4v) is 4.70. The molecule has 2 aromatic carbocycles. The Balaban J connectivity index is 1.33. The van der Waals surface area contributed by atoms with Crippen molar-refractivity contribution in [3.05, 3.63) is 47.8 Å². The number of aromatic amines is 1. The van der Waals surface area contributed by atoms with E-state index in [4.69, 9.17) is 14.5 Å². The topological polar surface area (TPSA) is 105 Å². The molecule has 2 N–H and O–H groups in total. The van der Waals surface area contributed by atoms with Gasteiger partial charge in [-0.3, -0.25) is 9.59 Å². The van der Waals surface area contributed by atoms with Crippen LogP contribution in [0.15, 0.2) is 36.4 Å². The van der Waals surface area contributed by atoms with Crippen molar-refractivity contribution in [1.82, 2.24) is 14.9 Å². The van der Waals surface area contributed by atoms with Gasteiger partial charge in [0.05, 0.1) is 23.5 Å². The number of amides is 1. The smallest absolute Gasteiger partial charge is 0.261 e. The number of rotatable bonds is 4. The minimum atomic E-state index is -0.668. The highest BCUT2D eigenvalue weighted by molar-refractivity contribution is 6.03. The Morgan fingerprint density at radius 2 is 2.12 bits per heavy atom. The first-order valence-electron chi connectivity index (χ1n) is 11.3. The number of likely N-dealkylation sites (tertiary alicyclic amines) is 1. The van der Waals surface area contributed by atoms with Crippen LogP contribution in [0.4, 0.5) is 0 Å². The number of piperidine rings is 1. The summed E-state index contributed by atoms with van der Waals surface area (Å²) in [5, 5.41) is 10.4. The number of nitrogens with zero attached hydrogens (tertiary/aromatic N) is 2. The first-order valence-corrected chi connectivity index (χ1v) is 11.3. The number of phenolic OH excluding ortho intramolecular Hbond substituents is 1. The van der Waals surface area contributed by atoms with Crippen molar-refractivity contribution in [1.29, 1.82) is 0 Å². The molecular weight excluding hydrogens is 422 g/mol. The Bertz CT molecular complexity index is 1200. The minimum absolute atomic E-state index is 0.138. The fourth-order valence-electron chi connectivity index (χ4n) is 4.70. The number of imidazole rings is 1. The van der Waals surface area contributed by atoms with Gasteiger partial charge in [-0.2, -0.15) is 0 Å². The number of para-hydroxylation sites is 2. The van der Waals surface area contributed by atoms with Gasteiger partial charge in [-0.05, 0) is 45.2 Å². The number of ketones is 1. The highest BCUT2D eigenvalue weighted by Crippen LogP contribution is 2.41. The van der Waals surface area contributed by atoms with Crippen LogP contribution in [0.1, 0.15) is 61.8 Å². The molecule has 0 bridgehead atoms. The monoisotopic (exact) mass is 449 g/mol. The number of hydrogen-bond acceptors (Lipinski definition) is 6. The summed E-state index contributed by atoms with van der Waals surface area (Å²) in [4.78, 5) is 35.4. The van der Waals surface area contributed by atoms with Crippen LogP contribution >= 0.6 is 0 Å². The van der Waals surface area contributed by atoms with Crippen molar-refractivity contribution >= 4 is 22.7 Å². The zero-order valence-corrected chi connectivity index (χ0v) is 18.8. The van der Waals surface area contributed by atoms with Crippen molar-refractivity contribution in [3.63, 3.8) is 0 Å². The summed E-state index contributed by atoms with van der Waals surface area (Å²) in [7, 11) is 0. The molecule has 2 aliphatic rings. The number of benzene rings is 2. The zero-order valence-electron chi connectivity index (χ0n) is 18.8. The summed E-state index contributed by atoms with van der Waals surface area (Å²) in [5.41, 5.74) is 1.32. The van der Waals surface area contributed by atoms with Gasteiger partial charge >= 0.3 is 0 Å². The third-order valence-corrected chi connectivity index (χ3v) is 6.22. The van der Waals surface area contributed by atoms with Gasteiger partial charge in [0.15, 0.2) is 12.4 Å². The van der Waals surface area contributed by atoms with Crippen molar-refractivity contribution in [3.8, 4) is 17.2 Å². The molecule has 1 atom stereocenters. The van der Waals surface area contributed by atoms with Gasteiger partial charge in [0.1, 0.15) is 34.2 Å². The van der Waals surface area contributed by atoms with Gasteiger partial charge in [0.25, 0.3) is 5.91 Å². The van der Waals surface area contributed by atoms with Crippen molar-refractivity contribution in [2.24, 2.45) is 0 Å². The lowest BCUT2D eigenvalue weighted by Crippen LogP contribution is -2.41. The number of ether oxygens (including phenoxy) is 2. The van der Waals surface area contributed by atoms with Gasteiger partial charge in [-0.1, -0.05) is 12.1 Å². The number of carbonyl (C=O) groups is 2. The number of fused-ring (bicyclic) bond motifs is 2. The van der Waals surface area contributed by atoms with Gasteiger partial charge in [0.2, 0.25) is 0 Å². The maximum absolute atomic E-state index is 13.1. The first-order chi connectivity index (χ1) is 15.8. The van der Waals surface area contributed by atoms with Crippen LogP contribution in [0.25, 0.3) is 11.0 Å². The largest absolute Gasteiger partial charge is 0.507 e. The Morgan fingerprint density at radius 1 is 1.30 bits per heavy atom. The van der Waals surface area contributed by atoms with Gasteiger partial charge < -0.3 is 24.5 Å². The molecule has 5 rings (SSSR count). The van der Waals surface area contributed by atoms with Crippen LogP contribution < -0.4 is 9.47 Å². The third kappa shape index (κ3) is 4.13. The number of aromatic hydroxyl groups is 1. The van der Waals surface area contributed by atoms with Crippen LogP contribution in [0.3, 0.4) is 0 Å². The number of phenols is 1. The van der Waals surface area contributed by atoms with E-state index in [2.05, 4.69) is 4.98 Å². The molecule has 3 aromatic rings. The first kappa shape index (κ1) is 21.3. The molecule has 0 saturated carbocycles. The molecule has 8 heteroatoms. The van der Waals surface area contributed by atoms with E-state index in [9.17, 15) is 14.7 Å². The lowest BCUT2D eigenvalue weighted by molar-refractivity contribution is -0.137. The molecule has 0 aliphatic carbocycles. The molecule has 0 radical (unpaired) electrons. The molecular formula is C25H27N3O5. The van der Waals surface area contributed by atoms with Gasteiger partial charge in [0, 0.05) is 18.7 Å². The van der Waals surface area contributed by atoms with Crippen LogP contribution in [0.2, 0.25) is 0 Å². The van der Waals surface area contributed by atoms with Crippen molar-refractivity contribution in [2.45, 2.75) is 51.2 Å². The molecule has 1 amide bonds. The van der Waals surface area contributed by atoms with E-state index in [0.29, 0.717) is 6.54 Å². The summed E-state index contributed by atoms with van der Waals surface area (Å²) in [6.45, 7) is 4.07. The molecule has 1 aromatic heterocycles. The van der Waals surface area contributed by atoms with E-state index >= 15 is 0 Å². The average Bonchev–Trinajstić information content (AvgIpc) is 3.20. The molecule has 33 heavy (non-hydrogen) atoms. The van der Waals surface area contributed by atoms with Crippen LogP contribution in [-0.2, 0) is 4.79 Å². The van der Waals surface area contributed by atoms with Crippen molar-refractivity contribution in [2.75, 3.05) is 13.2 Å². The second kappa shape index (κ2) is 8.10. The third-order valence-electron chi connectivity index (χ3n) is 6.22. The minimum Gasteiger partial charge on any atom is -0.507 e. The standard InChI is InChI=1S/C25H27N3O5/c1-25(2)13-20(30)23-19(29)11-15(12-21(23)33-25)32-14-22(31)28-10-6-5-9-18(28)24-26-16-7-3-4-8-17(16)27-24/h3-4,7-8,11-12,18,29H,5-6,9-10,13-14H2,1-2H3,(H,26,27). The Hall–Kier alpha value is -3.55. The van der Waals surface area contributed by atoms with Gasteiger partial charge in [-0.25, -0.2) is 4.98 Å². The predicted molar refractivity (Wildman–Crippen MR) is 122 cm³/mol. The number of aromatic nitrogens is 2. The summed E-state index contributed by atoms with van der Waals surface area (Å²) in [5.74, 6) is 0.802. The van der Waals surface area contributed by atoms with Crippen molar-refractivity contribution < 1.29 is 24.2 Å². The quantitative estimate of drug-likeness (QED) is 0.620. The Morgan fingerprint density at radius 3 is 2.94 bits per heavy atom. The average molecular weight is 450 g/mol. The SMILES string of the molecule is CC1(C)CC(=O)c2c(O)cc(OCC(=O)N3CCCCC3c3nc4ccccc4[nH]3)cc2O1. The van der Waals surface area contributed by atoms with Crippen LogP contribution in [0, 0.1) is 0 Å². The molecule has 1 saturated heterocycles. The lowest BCUT2D eigenvalue weighted by Gasteiger charge is -2.34. The van der Waals surface area contributed by atoms with E-state index in [1.165, 1.54) is 6.07 Å². The van der Waals surface area contributed by atoms with E-state index in [0.717, 1.165) is 36.1 Å². The highest BCUT2D eigenvalue weighted by Gasteiger charge is 2.35. The molecule has 1 unspecified atom stereocenters. The molecule has 2 aliphatic heterocycles. The Labute approximate surface area is 191 Å². The number of nitrogens with one attached hydrogen (secondary N) is 1. The van der Waals surface area contributed by atoms with Crippen LogP contribution in [-0.4, -0.2) is 50.4 Å². The van der Waals surface area contributed by atoms with E-state index < -0.39 is 5.60 Å². The summed E-state index contributed by atoms with van der Waals surface area (Å²) < 4.78 is 11.6.